The van der Waals surface area contributed by atoms with Crippen LogP contribution in [-0.4, -0.2) is 30.5 Å². The highest BCUT2D eigenvalue weighted by molar-refractivity contribution is 5.92. The molecule has 4 rings (SSSR count). The summed E-state index contributed by atoms with van der Waals surface area (Å²) in [5.41, 5.74) is 0.938. The van der Waals surface area contributed by atoms with Gasteiger partial charge in [-0.2, -0.15) is 5.10 Å². The van der Waals surface area contributed by atoms with Crippen molar-refractivity contribution < 1.29 is 13.9 Å². The minimum atomic E-state index is -1.22. The third-order valence-electron chi connectivity index (χ3n) is 4.31. The summed E-state index contributed by atoms with van der Waals surface area (Å²) in [6.45, 7) is 3.12. The second-order valence-electron chi connectivity index (χ2n) is 6.95. The van der Waals surface area contributed by atoms with Crippen molar-refractivity contribution in [1.29, 1.82) is 0 Å². The van der Waals surface area contributed by atoms with Gasteiger partial charge >= 0.3 is 0 Å². The molecule has 0 unspecified atom stereocenters. The molecule has 6 nitrogen and oxygen atoms in total. The van der Waals surface area contributed by atoms with Crippen molar-refractivity contribution in [1.82, 2.24) is 25.4 Å². The average Bonchev–Trinajstić information content (AvgIpc) is 3.27. The van der Waals surface area contributed by atoms with E-state index in [1.54, 1.807) is 44.2 Å². The maximum atomic E-state index is 14.6. The number of nitrogens with zero attached hydrogens (tertiary/aromatic N) is 3. The van der Waals surface area contributed by atoms with Crippen LogP contribution in [0.15, 0.2) is 36.4 Å². The Labute approximate surface area is 159 Å². The lowest BCUT2D eigenvalue weighted by Crippen LogP contribution is -2.17. The Morgan fingerprint density at radius 2 is 1.79 bits per heavy atom. The fourth-order valence-electron chi connectivity index (χ4n) is 2.77. The predicted octanol–water partition coefficient (Wildman–Crippen LogP) is 4.02. The molecule has 0 saturated carbocycles. The summed E-state index contributed by atoms with van der Waals surface area (Å²) in [4.78, 5) is 2.85. The van der Waals surface area contributed by atoms with Crippen LogP contribution < -0.4 is 0 Å². The number of aromatic nitrogens is 5. The summed E-state index contributed by atoms with van der Waals surface area (Å²) in [6.07, 6.45) is 3.55. The molecule has 2 heterocycles. The van der Waals surface area contributed by atoms with Crippen molar-refractivity contribution in [3.63, 3.8) is 0 Å². The lowest BCUT2D eigenvalue weighted by molar-refractivity contribution is 0.0692. The Hall–Kier alpha value is -3.39. The van der Waals surface area contributed by atoms with E-state index in [1.165, 1.54) is 18.2 Å². The number of benzene rings is 2. The largest absolute Gasteiger partial charge is 0.382 e. The highest BCUT2D eigenvalue weighted by atomic mass is 19.1. The van der Waals surface area contributed by atoms with Gasteiger partial charge in [0.1, 0.15) is 17.2 Å². The van der Waals surface area contributed by atoms with Crippen LogP contribution >= 0.6 is 0 Å². The Bertz CT molecular complexity index is 1170. The average molecular weight is 381 g/mol. The molecule has 2 aromatic heterocycles. The number of rotatable bonds is 4. The maximum Gasteiger partial charge on any atom is 0.164 e. The Balaban J connectivity index is 1.74. The maximum absolute atomic E-state index is 14.6. The van der Waals surface area contributed by atoms with Gasteiger partial charge in [0, 0.05) is 11.5 Å². The normalized spacial score (nSPS) is 12.3. The van der Waals surface area contributed by atoms with Crippen LogP contribution in [0.1, 0.15) is 30.9 Å². The zero-order chi connectivity index (χ0) is 19.9. The lowest BCUT2D eigenvalue weighted by Gasteiger charge is -2.11. The quantitative estimate of drug-likeness (QED) is 0.498. The smallest absolute Gasteiger partial charge is 0.164 e. The third-order valence-corrected chi connectivity index (χ3v) is 4.31. The highest BCUT2D eigenvalue weighted by Gasteiger charge is 2.22. The summed E-state index contributed by atoms with van der Waals surface area (Å²) in [6, 6.07) is 9.00. The van der Waals surface area contributed by atoms with E-state index in [0.717, 1.165) is 5.56 Å². The first-order valence-corrected chi connectivity index (χ1v) is 8.58. The molecule has 0 spiro atoms. The number of hydrogen-bond donors (Lipinski definition) is 3. The van der Waals surface area contributed by atoms with Crippen molar-refractivity contribution in [3.8, 4) is 11.4 Å². The first kappa shape index (κ1) is 18.0. The van der Waals surface area contributed by atoms with E-state index in [4.69, 9.17) is 0 Å². The monoisotopic (exact) mass is 381 g/mol. The summed E-state index contributed by atoms with van der Waals surface area (Å²) in [5, 5.41) is 25.6. The van der Waals surface area contributed by atoms with E-state index >= 15 is 0 Å². The van der Waals surface area contributed by atoms with Crippen LogP contribution in [0.4, 0.5) is 8.78 Å². The van der Waals surface area contributed by atoms with Crippen molar-refractivity contribution in [3.05, 3.63) is 65.1 Å². The van der Waals surface area contributed by atoms with Gasteiger partial charge in [-0.25, -0.2) is 8.78 Å². The molecule has 142 valence electrons. The van der Waals surface area contributed by atoms with Gasteiger partial charge in [0.15, 0.2) is 11.6 Å². The van der Waals surface area contributed by atoms with Gasteiger partial charge < -0.3 is 10.1 Å². The lowest BCUT2D eigenvalue weighted by atomic mass is 10.1. The van der Waals surface area contributed by atoms with Gasteiger partial charge in [0.2, 0.25) is 0 Å². The van der Waals surface area contributed by atoms with Gasteiger partial charge in [-0.05, 0) is 43.7 Å². The van der Waals surface area contributed by atoms with Crippen molar-refractivity contribution in [2.45, 2.75) is 19.4 Å². The summed E-state index contributed by atoms with van der Waals surface area (Å²) in [7, 11) is 0. The molecule has 0 aliphatic rings. The molecule has 2 aromatic carbocycles. The van der Waals surface area contributed by atoms with Crippen molar-refractivity contribution >= 4 is 23.1 Å². The van der Waals surface area contributed by atoms with Crippen molar-refractivity contribution in [2.24, 2.45) is 0 Å². The molecule has 0 atom stereocenters. The van der Waals surface area contributed by atoms with E-state index < -0.39 is 11.4 Å². The second kappa shape index (κ2) is 6.65. The minimum absolute atomic E-state index is 0.214. The van der Waals surface area contributed by atoms with Gasteiger partial charge in [-0.15, -0.1) is 10.2 Å². The van der Waals surface area contributed by atoms with E-state index in [0.29, 0.717) is 16.6 Å². The van der Waals surface area contributed by atoms with Crippen LogP contribution in [0.3, 0.4) is 0 Å². The SMILES string of the molecule is CC(C)(O)c1nnc(-c2cc3c(C=Cc4ccc(F)cc4)n[nH]c3cc2F)[nH]1. The summed E-state index contributed by atoms with van der Waals surface area (Å²) < 4.78 is 27.6. The minimum Gasteiger partial charge on any atom is -0.382 e. The number of H-pyrrole nitrogens is 2. The van der Waals surface area contributed by atoms with Crippen LogP contribution in [0, 0.1) is 11.6 Å². The second-order valence-corrected chi connectivity index (χ2v) is 6.95. The molecule has 0 saturated heterocycles. The number of nitrogens with one attached hydrogen (secondary N) is 2. The molecule has 4 aromatic rings. The first-order chi connectivity index (χ1) is 13.3. The molecule has 0 aliphatic heterocycles. The van der Waals surface area contributed by atoms with E-state index in [-0.39, 0.29) is 23.0 Å². The molecular formula is C20H17F2N5O. The molecule has 0 radical (unpaired) electrons. The number of aliphatic hydroxyl groups is 1. The molecule has 0 fully saturated rings. The van der Waals surface area contributed by atoms with Gasteiger partial charge in [0.05, 0.1) is 16.8 Å². The molecule has 0 amide bonds. The van der Waals surface area contributed by atoms with Gasteiger partial charge in [-0.1, -0.05) is 18.2 Å². The molecule has 0 bridgehead atoms. The Morgan fingerprint density at radius 1 is 1.04 bits per heavy atom. The van der Waals surface area contributed by atoms with E-state index in [9.17, 15) is 13.9 Å². The fourth-order valence-corrected chi connectivity index (χ4v) is 2.77. The van der Waals surface area contributed by atoms with Crippen LogP contribution in [-0.2, 0) is 5.60 Å². The summed E-state index contributed by atoms with van der Waals surface area (Å²) in [5.74, 6) is -0.347. The fraction of sp³-hybridized carbons (Fsp3) is 0.150. The Kier molecular flexibility index (Phi) is 4.27. The number of fused-ring (bicyclic) bond motifs is 1. The van der Waals surface area contributed by atoms with Crippen molar-refractivity contribution in [2.75, 3.05) is 0 Å². The number of hydrogen-bond acceptors (Lipinski definition) is 4. The third kappa shape index (κ3) is 3.41. The van der Waals surface area contributed by atoms with Crippen LogP contribution in [0.2, 0.25) is 0 Å². The topological polar surface area (TPSA) is 90.5 Å². The van der Waals surface area contributed by atoms with Crippen LogP contribution in [0.25, 0.3) is 34.4 Å². The number of halogens is 2. The predicted molar refractivity (Wildman–Crippen MR) is 102 cm³/mol. The van der Waals surface area contributed by atoms with E-state index in [1.807, 2.05) is 0 Å². The zero-order valence-corrected chi connectivity index (χ0v) is 15.2. The van der Waals surface area contributed by atoms with Gasteiger partial charge in [0.25, 0.3) is 0 Å². The molecule has 0 aliphatic carbocycles. The standard InChI is InChI=1S/C20H17F2N5O/c1-20(2,28)19-23-18(26-27-19)13-9-14-16(24-25-17(14)10-15(13)22)8-5-11-3-6-12(21)7-4-11/h3-10,28H,1-2H3,(H,24,25)(H,23,26,27). The highest BCUT2D eigenvalue weighted by Crippen LogP contribution is 2.28. The molecule has 3 N–H and O–H groups in total. The Morgan fingerprint density at radius 3 is 2.46 bits per heavy atom. The first-order valence-electron chi connectivity index (χ1n) is 8.58. The van der Waals surface area contributed by atoms with E-state index in [2.05, 4.69) is 25.4 Å². The van der Waals surface area contributed by atoms with Gasteiger partial charge in [-0.3, -0.25) is 5.10 Å². The summed E-state index contributed by atoms with van der Waals surface area (Å²) >= 11 is 0. The number of aromatic amines is 2. The molecule has 28 heavy (non-hydrogen) atoms. The molecular weight excluding hydrogens is 364 g/mol. The molecule has 8 heteroatoms. The van der Waals surface area contributed by atoms with Crippen LogP contribution in [0.5, 0.6) is 0 Å². The zero-order valence-electron chi connectivity index (χ0n) is 15.2.